The van der Waals surface area contributed by atoms with Crippen LogP contribution < -0.4 is 16.6 Å². The average molecular weight is 256 g/mol. The fourth-order valence-corrected chi connectivity index (χ4v) is 1.52. The van der Waals surface area contributed by atoms with E-state index in [4.69, 9.17) is 5.11 Å². The van der Waals surface area contributed by atoms with Crippen LogP contribution in [0.5, 0.6) is 0 Å². The van der Waals surface area contributed by atoms with Crippen LogP contribution in [0, 0.1) is 0 Å². The Morgan fingerprint density at radius 1 is 1.39 bits per heavy atom. The number of aliphatic carboxylic acids is 1. The zero-order chi connectivity index (χ0) is 14.1. The molecule has 0 saturated heterocycles. The molecule has 18 heavy (non-hydrogen) atoms. The van der Waals surface area contributed by atoms with Gasteiger partial charge in [0.15, 0.2) is 0 Å². The fourth-order valence-electron chi connectivity index (χ4n) is 1.52. The molecule has 0 aliphatic heterocycles. The third-order valence-electron chi connectivity index (χ3n) is 2.37. The van der Waals surface area contributed by atoms with Gasteiger partial charge in [0.2, 0.25) is 5.82 Å². The van der Waals surface area contributed by atoms with Crippen LogP contribution in [0.25, 0.3) is 0 Å². The monoisotopic (exact) mass is 256 g/mol. The molecule has 1 aromatic rings. The molecule has 0 fully saturated rings. The second kappa shape index (κ2) is 4.63. The van der Waals surface area contributed by atoms with E-state index in [1.165, 1.54) is 14.1 Å². The fraction of sp³-hybridized carbons (Fsp3) is 0.600. The Hall–Kier alpha value is -2.12. The molecule has 100 valence electrons. The van der Waals surface area contributed by atoms with E-state index in [-0.39, 0.29) is 12.2 Å². The molecule has 1 aromatic heterocycles. The number of nitrogens with one attached hydrogen (secondary N) is 1. The van der Waals surface area contributed by atoms with E-state index >= 15 is 0 Å². The van der Waals surface area contributed by atoms with Gasteiger partial charge in [0.05, 0.1) is 6.42 Å². The Morgan fingerprint density at radius 3 is 2.44 bits per heavy atom. The van der Waals surface area contributed by atoms with Gasteiger partial charge in [-0.2, -0.15) is 0 Å². The summed E-state index contributed by atoms with van der Waals surface area (Å²) in [7, 11) is 2.75. The summed E-state index contributed by atoms with van der Waals surface area (Å²) in [6.45, 7) is 3.26. The summed E-state index contributed by atoms with van der Waals surface area (Å²) in [5.74, 6) is -1.04. The number of carbonyl (C=O) groups is 1. The molecule has 0 aliphatic rings. The van der Waals surface area contributed by atoms with E-state index in [0.717, 1.165) is 9.25 Å². The number of hydrogen-bond donors (Lipinski definition) is 2. The van der Waals surface area contributed by atoms with E-state index < -0.39 is 22.8 Å². The predicted octanol–water partition coefficient (Wildman–Crippen LogP) is -0.856. The van der Waals surface area contributed by atoms with E-state index in [2.05, 4.69) is 10.4 Å². The van der Waals surface area contributed by atoms with Crippen molar-refractivity contribution >= 4 is 11.8 Å². The number of carboxylic acid groups (broad SMARTS) is 1. The van der Waals surface area contributed by atoms with E-state index in [0.29, 0.717) is 0 Å². The minimum atomic E-state index is -0.992. The van der Waals surface area contributed by atoms with Crippen molar-refractivity contribution in [3.8, 4) is 0 Å². The molecule has 0 aliphatic carbocycles. The van der Waals surface area contributed by atoms with Gasteiger partial charge in [-0.25, -0.2) is 9.48 Å². The van der Waals surface area contributed by atoms with Crippen LogP contribution in [0.4, 0.5) is 5.82 Å². The predicted molar refractivity (Wildman–Crippen MR) is 64.7 cm³/mol. The Kier molecular flexibility index (Phi) is 3.59. The van der Waals surface area contributed by atoms with Crippen molar-refractivity contribution in [2.45, 2.75) is 25.8 Å². The maximum atomic E-state index is 11.8. The number of rotatable bonds is 4. The van der Waals surface area contributed by atoms with Crippen LogP contribution in [0.3, 0.4) is 0 Å². The molecule has 8 nitrogen and oxygen atoms in total. The Balaban J connectivity index is 3.17. The normalized spacial score (nSPS) is 11.3. The van der Waals surface area contributed by atoms with Crippen molar-refractivity contribution in [2.24, 2.45) is 14.1 Å². The van der Waals surface area contributed by atoms with Gasteiger partial charge in [-0.1, -0.05) is 0 Å². The van der Waals surface area contributed by atoms with Crippen molar-refractivity contribution in [3.05, 3.63) is 20.8 Å². The van der Waals surface area contributed by atoms with E-state index in [1.807, 2.05) is 0 Å². The van der Waals surface area contributed by atoms with Gasteiger partial charge in [0.25, 0.3) is 5.56 Å². The zero-order valence-electron chi connectivity index (χ0n) is 10.7. The molecule has 0 saturated carbocycles. The minimum Gasteiger partial charge on any atom is -0.481 e. The third-order valence-corrected chi connectivity index (χ3v) is 2.37. The van der Waals surface area contributed by atoms with Crippen molar-refractivity contribution < 1.29 is 9.90 Å². The Morgan fingerprint density at radius 2 is 1.94 bits per heavy atom. The molecular formula is C10H16N4O4. The lowest BCUT2D eigenvalue weighted by Crippen LogP contribution is -2.43. The van der Waals surface area contributed by atoms with Gasteiger partial charge in [0.1, 0.15) is 0 Å². The summed E-state index contributed by atoms with van der Waals surface area (Å²) in [5, 5.41) is 15.3. The smallest absolute Gasteiger partial charge is 0.346 e. The molecule has 0 amide bonds. The summed E-state index contributed by atoms with van der Waals surface area (Å²) < 4.78 is 1.92. The maximum Gasteiger partial charge on any atom is 0.346 e. The molecule has 1 heterocycles. The molecule has 8 heteroatoms. The van der Waals surface area contributed by atoms with Gasteiger partial charge in [-0.15, -0.1) is 5.10 Å². The average Bonchev–Trinajstić information content (AvgIpc) is 2.20. The van der Waals surface area contributed by atoms with Gasteiger partial charge >= 0.3 is 11.7 Å². The molecule has 0 unspecified atom stereocenters. The summed E-state index contributed by atoms with van der Waals surface area (Å²) in [4.78, 5) is 33.9. The SMILES string of the molecule is Cn1nc(NC(C)(C)CC(=O)O)c(=O)n(C)c1=O. The van der Waals surface area contributed by atoms with Crippen LogP contribution in [0.1, 0.15) is 20.3 Å². The summed E-state index contributed by atoms with van der Waals surface area (Å²) >= 11 is 0. The van der Waals surface area contributed by atoms with Crippen LogP contribution >= 0.6 is 0 Å². The number of aryl methyl sites for hydroxylation is 1. The molecule has 1 rings (SSSR count). The van der Waals surface area contributed by atoms with Crippen LogP contribution in [0.2, 0.25) is 0 Å². The quantitative estimate of drug-likeness (QED) is 0.726. The van der Waals surface area contributed by atoms with Crippen molar-refractivity contribution in [3.63, 3.8) is 0 Å². The van der Waals surface area contributed by atoms with Gasteiger partial charge in [0, 0.05) is 19.6 Å². The van der Waals surface area contributed by atoms with Crippen molar-refractivity contribution in [2.75, 3.05) is 5.32 Å². The minimum absolute atomic E-state index is 0.0501. The maximum absolute atomic E-state index is 11.8. The Labute approximate surface area is 103 Å². The van der Waals surface area contributed by atoms with Gasteiger partial charge in [-0.3, -0.25) is 14.2 Å². The van der Waals surface area contributed by atoms with Crippen LogP contribution in [-0.4, -0.2) is 31.0 Å². The number of nitrogens with zero attached hydrogens (tertiary/aromatic N) is 3. The molecule has 0 bridgehead atoms. The standard InChI is InChI=1S/C10H16N4O4/c1-10(2,5-6(15)16)11-7-8(17)13(3)9(18)14(4)12-7/h5H2,1-4H3,(H,11,12)(H,15,16). The summed E-state index contributed by atoms with van der Waals surface area (Å²) in [6, 6.07) is 0. The molecule has 2 N–H and O–H groups in total. The van der Waals surface area contributed by atoms with Crippen LogP contribution in [-0.2, 0) is 18.9 Å². The van der Waals surface area contributed by atoms with E-state index in [1.54, 1.807) is 13.8 Å². The number of hydrogen-bond acceptors (Lipinski definition) is 5. The largest absolute Gasteiger partial charge is 0.481 e. The molecule has 0 spiro atoms. The van der Waals surface area contributed by atoms with Gasteiger partial charge < -0.3 is 10.4 Å². The first-order valence-electron chi connectivity index (χ1n) is 5.28. The highest BCUT2D eigenvalue weighted by Gasteiger charge is 2.24. The number of aromatic nitrogens is 3. The summed E-state index contributed by atoms with van der Waals surface area (Å²) in [5.41, 5.74) is -1.97. The summed E-state index contributed by atoms with van der Waals surface area (Å²) in [6.07, 6.45) is -0.180. The van der Waals surface area contributed by atoms with Gasteiger partial charge in [-0.05, 0) is 13.8 Å². The lowest BCUT2D eigenvalue weighted by atomic mass is 10.0. The first-order valence-corrected chi connectivity index (χ1v) is 5.28. The van der Waals surface area contributed by atoms with Crippen molar-refractivity contribution in [1.29, 1.82) is 0 Å². The zero-order valence-corrected chi connectivity index (χ0v) is 10.7. The molecule has 0 radical (unpaired) electrons. The lowest BCUT2D eigenvalue weighted by molar-refractivity contribution is -0.137. The first-order chi connectivity index (χ1) is 8.14. The second-order valence-corrected chi connectivity index (χ2v) is 4.70. The number of carboxylic acids is 1. The highest BCUT2D eigenvalue weighted by molar-refractivity contribution is 5.69. The molecule has 0 aromatic carbocycles. The topological polar surface area (TPSA) is 106 Å². The molecule has 0 atom stereocenters. The highest BCUT2D eigenvalue weighted by Crippen LogP contribution is 2.13. The molecular weight excluding hydrogens is 240 g/mol. The second-order valence-electron chi connectivity index (χ2n) is 4.70. The Bertz CT molecular complexity index is 585. The highest BCUT2D eigenvalue weighted by atomic mass is 16.4. The first kappa shape index (κ1) is 13.9. The van der Waals surface area contributed by atoms with Crippen molar-refractivity contribution in [1.82, 2.24) is 14.3 Å². The third kappa shape index (κ3) is 2.96. The lowest BCUT2D eigenvalue weighted by Gasteiger charge is -2.24. The number of anilines is 1. The van der Waals surface area contributed by atoms with Crippen LogP contribution in [0.15, 0.2) is 9.59 Å². The van der Waals surface area contributed by atoms with E-state index in [9.17, 15) is 14.4 Å².